The summed E-state index contributed by atoms with van der Waals surface area (Å²) in [5.41, 5.74) is 5.39. The molecule has 1 atom stereocenters. The van der Waals surface area contributed by atoms with Gasteiger partial charge in [-0.2, -0.15) is 13.2 Å². The van der Waals surface area contributed by atoms with Gasteiger partial charge in [0.15, 0.2) is 0 Å². The van der Waals surface area contributed by atoms with Crippen molar-refractivity contribution >= 4 is 5.91 Å². The van der Waals surface area contributed by atoms with Crippen molar-refractivity contribution in [2.45, 2.75) is 38.4 Å². The normalized spacial score (nSPS) is 13.8. The Morgan fingerprint density at radius 1 is 1.50 bits per heavy atom. The van der Waals surface area contributed by atoms with Gasteiger partial charge in [-0.3, -0.25) is 4.79 Å². The lowest BCUT2D eigenvalue weighted by atomic mass is 10.2. The number of nitrogens with two attached hydrogens (primary N) is 1. The van der Waals surface area contributed by atoms with E-state index in [9.17, 15) is 18.0 Å². The summed E-state index contributed by atoms with van der Waals surface area (Å²) in [7, 11) is 0. The molecule has 0 aromatic heterocycles. The molecule has 0 fully saturated rings. The van der Waals surface area contributed by atoms with E-state index in [0.717, 1.165) is 0 Å². The van der Waals surface area contributed by atoms with Gasteiger partial charge in [0.2, 0.25) is 5.91 Å². The van der Waals surface area contributed by atoms with Gasteiger partial charge in [-0.15, -0.1) is 0 Å². The largest absolute Gasteiger partial charge is 0.389 e. The maximum atomic E-state index is 11.7. The van der Waals surface area contributed by atoms with Crippen molar-refractivity contribution in [3.05, 3.63) is 0 Å². The lowest BCUT2D eigenvalue weighted by Gasteiger charge is -2.08. The van der Waals surface area contributed by atoms with Crippen LogP contribution in [0.4, 0.5) is 13.2 Å². The fraction of sp³-hybridized carbons (Fsp3) is 0.875. The van der Waals surface area contributed by atoms with Gasteiger partial charge >= 0.3 is 6.18 Å². The predicted octanol–water partition coefficient (Wildman–Crippen LogP) is 1.18. The van der Waals surface area contributed by atoms with Crippen molar-refractivity contribution in [3.8, 4) is 0 Å². The molecule has 0 spiro atoms. The first-order valence-electron chi connectivity index (χ1n) is 4.40. The van der Waals surface area contributed by atoms with Crippen LogP contribution in [-0.2, 0) is 4.79 Å². The lowest BCUT2D eigenvalue weighted by molar-refractivity contribution is -0.144. The van der Waals surface area contributed by atoms with E-state index in [1.54, 1.807) is 6.92 Å². The van der Waals surface area contributed by atoms with Gasteiger partial charge < -0.3 is 11.1 Å². The van der Waals surface area contributed by atoms with E-state index in [4.69, 9.17) is 5.73 Å². The average molecular weight is 212 g/mol. The Morgan fingerprint density at radius 3 is 2.50 bits per heavy atom. The van der Waals surface area contributed by atoms with Crippen molar-refractivity contribution in [2.24, 2.45) is 5.73 Å². The predicted molar refractivity (Wildman–Crippen MR) is 46.6 cm³/mol. The van der Waals surface area contributed by atoms with Crippen LogP contribution in [0.15, 0.2) is 0 Å². The lowest BCUT2D eigenvalue weighted by Crippen LogP contribution is -2.29. The molecule has 0 saturated heterocycles. The number of carbonyl (C=O) groups is 1. The Morgan fingerprint density at radius 2 is 2.07 bits per heavy atom. The Bertz CT molecular complexity index is 180. The van der Waals surface area contributed by atoms with E-state index in [1.807, 2.05) is 0 Å². The molecule has 14 heavy (non-hydrogen) atoms. The summed E-state index contributed by atoms with van der Waals surface area (Å²) in [6.45, 7) is 2.09. The average Bonchev–Trinajstić information content (AvgIpc) is 1.99. The number of hydrogen-bond acceptors (Lipinski definition) is 2. The number of amides is 1. The van der Waals surface area contributed by atoms with E-state index in [1.165, 1.54) is 0 Å². The van der Waals surface area contributed by atoms with E-state index >= 15 is 0 Å². The van der Waals surface area contributed by atoms with Gasteiger partial charge in [-0.05, 0) is 13.3 Å². The van der Waals surface area contributed by atoms with Crippen LogP contribution in [-0.4, -0.2) is 24.7 Å². The second-order valence-corrected chi connectivity index (χ2v) is 3.23. The number of rotatable bonds is 5. The van der Waals surface area contributed by atoms with Crippen molar-refractivity contribution in [2.75, 3.05) is 6.54 Å². The minimum atomic E-state index is -4.27. The van der Waals surface area contributed by atoms with Crippen LogP contribution < -0.4 is 11.1 Å². The molecule has 0 aromatic rings. The van der Waals surface area contributed by atoms with Gasteiger partial charge in [0.05, 0.1) is 6.42 Å². The molecule has 0 bridgehead atoms. The molecule has 0 aliphatic rings. The molecule has 0 rings (SSSR count). The molecule has 1 amide bonds. The number of hydrogen-bond donors (Lipinski definition) is 2. The first kappa shape index (κ1) is 13.2. The van der Waals surface area contributed by atoms with E-state index in [0.29, 0.717) is 13.0 Å². The van der Waals surface area contributed by atoms with Gasteiger partial charge in [0.25, 0.3) is 0 Å². The topological polar surface area (TPSA) is 55.1 Å². The molecule has 3 N–H and O–H groups in total. The highest BCUT2D eigenvalue weighted by atomic mass is 19.4. The fourth-order valence-electron chi connectivity index (χ4n) is 0.783. The van der Waals surface area contributed by atoms with Crippen LogP contribution in [0.25, 0.3) is 0 Å². The van der Waals surface area contributed by atoms with Crippen LogP contribution >= 0.6 is 0 Å². The maximum absolute atomic E-state index is 11.7. The van der Waals surface area contributed by atoms with Crippen molar-refractivity contribution in [3.63, 3.8) is 0 Å². The standard InChI is InChI=1S/C8H15F3N2O/c1-6(12)3-5-13-7(14)2-4-8(9,10)11/h6H,2-5,12H2,1H3,(H,13,14). The molecular weight excluding hydrogens is 197 g/mol. The minimum Gasteiger partial charge on any atom is -0.356 e. The third kappa shape index (κ3) is 9.31. The second-order valence-electron chi connectivity index (χ2n) is 3.23. The van der Waals surface area contributed by atoms with Crippen LogP contribution in [0.5, 0.6) is 0 Å². The van der Waals surface area contributed by atoms with Gasteiger partial charge in [-0.25, -0.2) is 0 Å². The first-order chi connectivity index (χ1) is 6.31. The zero-order chi connectivity index (χ0) is 11.2. The number of halogens is 3. The molecule has 0 aliphatic heterocycles. The second kappa shape index (κ2) is 5.85. The quantitative estimate of drug-likeness (QED) is 0.719. The summed E-state index contributed by atoms with van der Waals surface area (Å²) in [4.78, 5) is 10.8. The number of alkyl halides is 3. The fourth-order valence-corrected chi connectivity index (χ4v) is 0.783. The zero-order valence-electron chi connectivity index (χ0n) is 8.03. The highest BCUT2D eigenvalue weighted by Crippen LogP contribution is 2.20. The monoisotopic (exact) mass is 212 g/mol. The summed E-state index contributed by atoms with van der Waals surface area (Å²) >= 11 is 0. The molecule has 0 heterocycles. The molecule has 6 heteroatoms. The highest BCUT2D eigenvalue weighted by Gasteiger charge is 2.27. The molecule has 0 radical (unpaired) electrons. The SMILES string of the molecule is CC(N)CCNC(=O)CCC(F)(F)F. The Kier molecular flexibility index (Phi) is 5.52. The van der Waals surface area contributed by atoms with Crippen LogP contribution in [0.2, 0.25) is 0 Å². The summed E-state index contributed by atoms with van der Waals surface area (Å²) < 4.78 is 35.0. The molecule has 0 saturated carbocycles. The zero-order valence-corrected chi connectivity index (χ0v) is 8.03. The smallest absolute Gasteiger partial charge is 0.356 e. The summed E-state index contributed by atoms with van der Waals surface area (Å²) in [6.07, 6.45) is -5.28. The van der Waals surface area contributed by atoms with Gasteiger partial charge in [-0.1, -0.05) is 0 Å². The molecule has 0 aromatic carbocycles. The minimum absolute atomic E-state index is 0.0575. The Labute approximate surface area is 80.8 Å². The molecule has 3 nitrogen and oxygen atoms in total. The van der Waals surface area contributed by atoms with Crippen LogP contribution in [0.3, 0.4) is 0 Å². The third-order valence-electron chi connectivity index (χ3n) is 1.56. The van der Waals surface area contributed by atoms with Crippen molar-refractivity contribution in [1.29, 1.82) is 0 Å². The number of nitrogens with one attached hydrogen (secondary N) is 1. The molecule has 84 valence electrons. The van der Waals surface area contributed by atoms with Crippen LogP contribution in [0.1, 0.15) is 26.2 Å². The van der Waals surface area contributed by atoms with Gasteiger partial charge in [0, 0.05) is 19.0 Å². The van der Waals surface area contributed by atoms with E-state index in [-0.39, 0.29) is 6.04 Å². The van der Waals surface area contributed by atoms with E-state index < -0.39 is 24.9 Å². The Hall–Kier alpha value is -0.780. The summed E-state index contributed by atoms with van der Waals surface area (Å²) in [6, 6.07) is -0.0575. The molecule has 0 aliphatic carbocycles. The molecule has 1 unspecified atom stereocenters. The van der Waals surface area contributed by atoms with Crippen molar-refractivity contribution in [1.82, 2.24) is 5.32 Å². The Balaban J connectivity index is 3.47. The maximum Gasteiger partial charge on any atom is 0.389 e. The van der Waals surface area contributed by atoms with Crippen LogP contribution in [0, 0.1) is 0 Å². The van der Waals surface area contributed by atoms with Gasteiger partial charge in [0.1, 0.15) is 0 Å². The molecular formula is C8H15F3N2O. The summed E-state index contributed by atoms with van der Waals surface area (Å²) in [5, 5.41) is 2.37. The van der Waals surface area contributed by atoms with Crippen molar-refractivity contribution < 1.29 is 18.0 Å². The summed E-state index contributed by atoms with van der Waals surface area (Å²) in [5.74, 6) is -0.581. The third-order valence-corrected chi connectivity index (χ3v) is 1.56. The van der Waals surface area contributed by atoms with E-state index in [2.05, 4.69) is 5.32 Å². The number of carbonyl (C=O) groups excluding carboxylic acids is 1. The first-order valence-corrected chi connectivity index (χ1v) is 4.40. The highest BCUT2D eigenvalue weighted by molar-refractivity contribution is 5.75.